The second-order valence-corrected chi connectivity index (χ2v) is 3.54. The van der Waals surface area contributed by atoms with E-state index in [0.29, 0.717) is 5.02 Å². The average molecular weight is 210 g/mol. The molecule has 14 heavy (non-hydrogen) atoms. The first-order valence-corrected chi connectivity index (χ1v) is 4.87. The second kappa shape index (κ2) is 4.88. The normalized spacial score (nSPS) is 11.9. The molecule has 1 rings (SSSR count). The molecule has 0 aromatic heterocycles. The van der Waals surface area contributed by atoms with Crippen molar-refractivity contribution in [1.29, 1.82) is 5.26 Å². The Balaban J connectivity index is 3.03. The van der Waals surface area contributed by atoms with E-state index >= 15 is 0 Å². The Kier molecular flexibility index (Phi) is 3.79. The van der Waals surface area contributed by atoms with Crippen LogP contribution in [0.5, 0.6) is 0 Å². The van der Waals surface area contributed by atoms with Gasteiger partial charge in [0.2, 0.25) is 0 Å². The van der Waals surface area contributed by atoms with E-state index in [1.807, 2.05) is 32.0 Å². The third-order valence-corrected chi connectivity index (χ3v) is 2.41. The molecule has 0 amide bonds. The summed E-state index contributed by atoms with van der Waals surface area (Å²) in [5, 5.41) is 9.12. The first-order valence-electron chi connectivity index (χ1n) is 4.49. The summed E-state index contributed by atoms with van der Waals surface area (Å²) in [6.45, 7) is 3.94. The first-order chi connectivity index (χ1) is 6.69. The van der Waals surface area contributed by atoms with Crippen LogP contribution in [0.4, 0.5) is 0 Å². The SMILES string of the molecule is CC[C@@H](OC#N)c1cc(C)ccc1Cl. The van der Waals surface area contributed by atoms with Gasteiger partial charge in [-0.15, -0.1) is 0 Å². The topological polar surface area (TPSA) is 33.0 Å². The molecular weight excluding hydrogens is 198 g/mol. The summed E-state index contributed by atoms with van der Waals surface area (Å²) >= 11 is 6.02. The third kappa shape index (κ3) is 2.40. The van der Waals surface area contributed by atoms with Crippen molar-refractivity contribution >= 4 is 11.6 Å². The molecule has 0 radical (unpaired) electrons. The second-order valence-electron chi connectivity index (χ2n) is 3.13. The highest BCUT2D eigenvalue weighted by Crippen LogP contribution is 2.28. The van der Waals surface area contributed by atoms with Crippen LogP contribution in [0.15, 0.2) is 18.2 Å². The van der Waals surface area contributed by atoms with Crippen molar-refractivity contribution in [2.75, 3.05) is 0 Å². The van der Waals surface area contributed by atoms with Crippen LogP contribution < -0.4 is 0 Å². The average Bonchev–Trinajstić information content (AvgIpc) is 2.18. The first kappa shape index (κ1) is 10.9. The molecule has 0 N–H and O–H groups in total. The fourth-order valence-corrected chi connectivity index (χ4v) is 1.58. The van der Waals surface area contributed by atoms with E-state index in [2.05, 4.69) is 0 Å². The Bertz CT molecular complexity index is 357. The van der Waals surface area contributed by atoms with E-state index in [4.69, 9.17) is 21.6 Å². The zero-order valence-corrected chi connectivity index (χ0v) is 9.01. The maximum absolute atomic E-state index is 8.47. The van der Waals surface area contributed by atoms with Gasteiger partial charge in [-0.25, -0.2) is 0 Å². The number of benzene rings is 1. The van der Waals surface area contributed by atoms with Crippen molar-refractivity contribution in [3.8, 4) is 6.26 Å². The Labute approximate surface area is 89.1 Å². The smallest absolute Gasteiger partial charge is 0.286 e. The molecule has 0 fully saturated rings. The lowest BCUT2D eigenvalue weighted by molar-refractivity contribution is 0.159. The van der Waals surface area contributed by atoms with Crippen molar-refractivity contribution in [3.05, 3.63) is 34.3 Å². The predicted octanol–water partition coefficient (Wildman–Crippen LogP) is 3.60. The highest BCUT2D eigenvalue weighted by atomic mass is 35.5. The third-order valence-electron chi connectivity index (χ3n) is 2.06. The molecule has 2 nitrogen and oxygen atoms in total. The van der Waals surface area contributed by atoms with Gasteiger partial charge in [-0.1, -0.05) is 36.2 Å². The van der Waals surface area contributed by atoms with E-state index in [0.717, 1.165) is 17.5 Å². The lowest BCUT2D eigenvalue weighted by Crippen LogP contribution is -2.00. The predicted molar refractivity (Wildman–Crippen MR) is 55.9 cm³/mol. The van der Waals surface area contributed by atoms with Crippen LogP contribution in [0.1, 0.15) is 30.6 Å². The highest BCUT2D eigenvalue weighted by Gasteiger charge is 2.13. The lowest BCUT2D eigenvalue weighted by Gasteiger charge is -2.14. The van der Waals surface area contributed by atoms with Gasteiger partial charge in [0.15, 0.2) is 0 Å². The fraction of sp³-hybridized carbons (Fsp3) is 0.364. The van der Waals surface area contributed by atoms with Crippen molar-refractivity contribution < 1.29 is 4.74 Å². The summed E-state index contributed by atoms with van der Waals surface area (Å²) in [6, 6.07) is 5.72. The minimum Gasteiger partial charge on any atom is -0.419 e. The van der Waals surface area contributed by atoms with Gasteiger partial charge in [0.05, 0.1) is 0 Å². The van der Waals surface area contributed by atoms with E-state index in [9.17, 15) is 0 Å². The molecule has 0 spiro atoms. The largest absolute Gasteiger partial charge is 0.419 e. The number of hydrogen-bond donors (Lipinski definition) is 0. The minimum atomic E-state index is -0.229. The van der Waals surface area contributed by atoms with E-state index in [-0.39, 0.29) is 6.10 Å². The summed E-state index contributed by atoms with van der Waals surface area (Å²) in [5.74, 6) is 0. The molecule has 0 heterocycles. The molecule has 0 aliphatic carbocycles. The molecule has 0 saturated heterocycles. The van der Waals surface area contributed by atoms with Crippen LogP contribution in [0.25, 0.3) is 0 Å². The van der Waals surface area contributed by atoms with Gasteiger partial charge in [-0.05, 0) is 19.4 Å². The summed E-state index contributed by atoms with van der Waals surface area (Å²) in [4.78, 5) is 0. The Morgan fingerprint density at radius 2 is 2.29 bits per heavy atom. The molecule has 0 saturated carbocycles. The molecule has 0 bridgehead atoms. The number of nitrogens with zero attached hydrogens (tertiary/aromatic N) is 1. The van der Waals surface area contributed by atoms with E-state index in [1.165, 1.54) is 0 Å². The Morgan fingerprint density at radius 1 is 1.57 bits per heavy atom. The standard InChI is InChI=1S/C11H12ClNO/c1-3-11(14-7-13)9-6-8(2)4-5-10(9)12/h4-6,11H,3H2,1-2H3/t11-/m1/s1. The number of rotatable bonds is 3. The van der Waals surface area contributed by atoms with Gasteiger partial charge < -0.3 is 4.74 Å². The number of hydrogen-bond acceptors (Lipinski definition) is 2. The van der Waals surface area contributed by atoms with Crippen LogP contribution in [-0.2, 0) is 4.74 Å². The van der Waals surface area contributed by atoms with Crippen LogP contribution in [0.2, 0.25) is 5.02 Å². The summed E-state index contributed by atoms with van der Waals surface area (Å²) in [7, 11) is 0. The van der Waals surface area contributed by atoms with Gasteiger partial charge in [0, 0.05) is 10.6 Å². The quantitative estimate of drug-likeness (QED) is 0.713. The van der Waals surface area contributed by atoms with Crippen molar-refractivity contribution in [2.24, 2.45) is 0 Å². The van der Waals surface area contributed by atoms with Crippen molar-refractivity contribution in [1.82, 2.24) is 0 Å². The lowest BCUT2D eigenvalue weighted by atomic mass is 10.0. The molecule has 74 valence electrons. The zero-order chi connectivity index (χ0) is 10.6. The summed E-state index contributed by atoms with van der Waals surface area (Å²) in [6.07, 6.45) is 2.21. The van der Waals surface area contributed by atoms with Crippen molar-refractivity contribution in [3.63, 3.8) is 0 Å². The van der Waals surface area contributed by atoms with Gasteiger partial charge in [0.1, 0.15) is 6.10 Å². The van der Waals surface area contributed by atoms with Gasteiger partial charge >= 0.3 is 0 Å². The van der Waals surface area contributed by atoms with Crippen LogP contribution >= 0.6 is 11.6 Å². The van der Waals surface area contributed by atoms with Gasteiger partial charge in [-0.3, -0.25) is 0 Å². The molecule has 3 heteroatoms. The summed E-state index contributed by atoms with van der Waals surface area (Å²) < 4.78 is 4.93. The van der Waals surface area contributed by atoms with E-state index in [1.54, 1.807) is 6.26 Å². The zero-order valence-electron chi connectivity index (χ0n) is 8.25. The highest BCUT2D eigenvalue weighted by molar-refractivity contribution is 6.31. The fourth-order valence-electron chi connectivity index (χ4n) is 1.34. The number of nitriles is 1. The Hall–Kier alpha value is -1.20. The minimum absolute atomic E-state index is 0.229. The number of ether oxygens (including phenoxy) is 1. The van der Waals surface area contributed by atoms with Crippen LogP contribution in [0, 0.1) is 18.4 Å². The summed E-state index contributed by atoms with van der Waals surface area (Å²) in [5.41, 5.74) is 2.00. The van der Waals surface area contributed by atoms with Crippen LogP contribution in [-0.4, -0.2) is 0 Å². The number of aryl methyl sites for hydroxylation is 1. The number of halogens is 1. The monoisotopic (exact) mass is 209 g/mol. The molecular formula is C11H12ClNO. The molecule has 1 aromatic rings. The van der Waals surface area contributed by atoms with Crippen LogP contribution in [0.3, 0.4) is 0 Å². The maximum Gasteiger partial charge on any atom is 0.286 e. The van der Waals surface area contributed by atoms with Crippen molar-refractivity contribution in [2.45, 2.75) is 26.4 Å². The molecule has 0 aliphatic rings. The molecule has 1 atom stereocenters. The maximum atomic E-state index is 8.47. The van der Waals surface area contributed by atoms with Gasteiger partial charge in [0.25, 0.3) is 6.26 Å². The molecule has 0 aliphatic heterocycles. The van der Waals surface area contributed by atoms with E-state index < -0.39 is 0 Å². The Morgan fingerprint density at radius 3 is 2.86 bits per heavy atom. The molecule has 1 aromatic carbocycles. The molecule has 0 unspecified atom stereocenters. The van der Waals surface area contributed by atoms with Gasteiger partial charge in [-0.2, -0.15) is 5.26 Å².